The molecule has 1 radical (unpaired) electrons. The van der Waals surface area contributed by atoms with E-state index in [0.717, 1.165) is 15.8 Å². The van der Waals surface area contributed by atoms with Crippen LogP contribution in [0.2, 0.25) is 0 Å². The van der Waals surface area contributed by atoms with E-state index in [4.69, 9.17) is 5.73 Å². The summed E-state index contributed by atoms with van der Waals surface area (Å²) in [6, 6.07) is 2.72. The van der Waals surface area contributed by atoms with Gasteiger partial charge < -0.3 is 31.3 Å². The molecule has 14 heteroatoms. The van der Waals surface area contributed by atoms with Gasteiger partial charge in [-0.2, -0.15) is 0 Å². The average molecular weight is 573 g/mol. The zero-order valence-electron chi connectivity index (χ0n) is 22.5. The van der Waals surface area contributed by atoms with Crippen LogP contribution < -0.4 is 16.4 Å². The number of nitrogens with zero attached hydrogens (tertiary/aromatic N) is 3. The molecule has 42 heavy (non-hydrogen) atoms. The van der Waals surface area contributed by atoms with E-state index in [9.17, 15) is 24.0 Å². The van der Waals surface area contributed by atoms with E-state index in [0.29, 0.717) is 17.0 Å². The van der Waals surface area contributed by atoms with Gasteiger partial charge >= 0.3 is 0 Å². The molecule has 1 aliphatic heterocycles. The minimum atomic E-state index is -1.36. The zero-order chi connectivity index (χ0) is 29.6. The number of para-hydroxylation sites is 1. The summed E-state index contributed by atoms with van der Waals surface area (Å²) in [6.45, 7) is 0. The van der Waals surface area contributed by atoms with Gasteiger partial charge in [-0.15, -0.1) is 0 Å². The fraction of sp³-hybridized carbons (Fsp3) is 0.321. The maximum Gasteiger partial charge on any atom is 0.252 e. The highest BCUT2D eigenvalue weighted by molar-refractivity contribution is 6.04. The predicted octanol–water partition coefficient (Wildman–Crippen LogP) is -0.434. The zero-order valence-corrected chi connectivity index (χ0v) is 22.5. The number of aromatic amines is 3. The van der Waals surface area contributed by atoms with Gasteiger partial charge in [-0.25, -0.2) is 9.97 Å². The lowest BCUT2D eigenvalue weighted by atomic mass is 10.0. The molecule has 217 valence electrons. The van der Waals surface area contributed by atoms with Crippen LogP contribution >= 0.6 is 0 Å². The molecule has 1 fully saturated rings. The van der Waals surface area contributed by atoms with Gasteiger partial charge in [0.05, 0.1) is 18.7 Å². The molecule has 4 atom stereocenters. The van der Waals surface area contributed by atoms with Crippen molar-refractivity contribution in [3.63, 3.8) is 0 Å². The molecule has 7 N–H and O–H groups in total. The van der Waals surface area contributed by atoms with Crippen molar-refractivity contribution in [2.24, 2.45) is 5.73 Å². The number of rotatable bonds is 12. The fourth-order valence-electron chi connectivity index (χ4n) is 5.08. The maximum absolute atomic E-state index is 14.2. The van der Waals surface area contributed by atoms with Gasteiger partial charge in [-0.1, -0.05) is 18.2 Å². The number of hydrogen-bond donors (Lipinski definition) is 6. The van der Waals surface area contributed by atoms with Gasteiger partial charge in [0, 0.05) is 66.6 Å². The Hall–Kier alpha value is -5.11. The molecule has 3 aromatic heterocycles. The van der Waals surface area contributed by atoms with Crippen LogP contribution in [0.5, 0.6) is 0 Å². The second kappa shape index (κ2) is 12.6. The molecule has 1 aromatic carbocycles. The van der Waals surface area contributed by atoms with Crippen molar-refractivity contribution in [2.45, 2.75) is 56.3 Å². The van der Waals surface area contributed by atoms with E-state index in [1.165, 1.54) is 25.0 Å². The highest BCUT2D eigenvalue weighted by Gasteiger charge is 2.39. The van der Waals surface area contributed by atoms with Crippen molar-refractivity contribution in [2.75, 3.05) is 0 Å². The van der Waals surface area contributed by atoms with Crippen LogP contribution in [-0.4, -0.2) is 83.9 Å². The van der Waals surface area contributed by atoms with Crippen LogP contribution in [0.4, 0.5) is 0 Å². The number of benzene rings is 1. The summed E-state index contributed by atoms with van der Waals surface area (Å²) in [7, 11) is 0. The summed E-state index contributed by atoms with van der Waals surface area (Å²) in [5, 5.41) is 6.06. The monoisotopic (exact) mass is 572 g/mol. The summed E-state index contributed by atoms with van der Waals surface area (Å²) >= 11 is 0. The molecule has 0 unspecified atom stereocenters. The quantitative estimate of drug-likeness (QED) is 0.131. The molecule has 0 aliphatic carbocycles. The molecule has 5 rings (SSSR count). The molecule has 4 amide bonds. The van der Waals surface area contributed by atoms with Crippen LogP contribution in [0.15, 0.2) is 55.5 Å². The first kappa shape index (κ1) is 28.4. The van der Waals surface area contributed by atoms with Crippen molar-refractivity contribution in [3.8, 4) is 0 Å². The number of amides is 4. The first-order chi connectivity index (χ1) is 20.3. The largest absolute Gasteiger partial charge is 0.361 e. The third-order valence-electron chi connectivity index (χ3n) is 7.23. The normalized spacial score (nSPS) is 16.9. The lowest BCUT2D eigenvalue weighted by Gasteiger charge is -2.32. The highest BCUT2D eigenvalue weighted by Crippen LogP contribution is 2.22. The van der Waals surface area contributed by atoms with Gasteiger partial charge in [0.15, 0.2) is 0 Å². The first-order valence-corrected chi connectivity index (χ1v) is 13.4. The van der Waals surface area contributed by atoms with E-state index in [1.54, 1.807) is 6.20 Å². The summed E-state index contributed by atoms with van der Waals surface area (Å²) in [5.41, 5.74) is 8.85. The highest BCUT2D eigenvalue weighted by atomic mass is 16.2. The number of hydrogen-bond acceptors (Lipinski definition) is 8. The number of fused-ring (bicyclic) bond motifs is 1. The Kier molecular flexibility index (Phi) is 8.52. The topological polar surface area (TPSA) is 212 Å². The number of nitrogens with two attached hydrogens (primary N) is 1. The van der Waals surface area contributed by atoms with Crippen LogP contribution in [0.3, 0.4) is 0 Å². The minimum Gasteiger partial charge on any atom is -0.361 e. The Morgan fingerprint density at radius 3 is 2.38 bits per heavy atom. The number of imidazole rings is 2. The molecule has 0 spiro atoms. The molecular formula is C28H30N9O5. The Bertz CT molecular complexity index is 1560. The molecule has 1 saturated heterocycles. The number of imide groups is 1. The standard InChI is InChI=1S/C28H30N9O5/c29-21(8-17-11-30-14-33-17)27(41)37(19(13-38)7-16-10-32-22-4-2-1-3-20(16)22)28(42)24(9-18-12-31-15-34-18)36-26(40)23-5-6-25(39)35-23/h1-4,10-12,14-15,19,21,23-24,32H,5-9,29H2,(H,30,33)(H,31,34)(H,35,39)(H,36,40)/t19-,21-,23-,24-/m0/s1. The van der Waals surface area contributed by atoms with Gasteiger partial charge in [-0.05, 0) is 18.1 Å². The van der Waals surface area contributed by atoms with Crippen molar-refractivity contribution >= 4 is 40.8 Å². The van der Waals surface area contributed by atoms with Crippen molar-refractivity contribution < 1.29 is 24.0 Å². The van der Waals surface area contributed by atoms with Gasteiger partial charge in [0.25, 0.3) is 5.91 Å². The molecule has 4 heterocycles. The van der Waals surface area contributed by atoms with Crippen LogP contribution in [0.1, 0.15) is 29.8 Å². The van der Waals surface area contributed by atoms with E-state index < -0.39 is 41.9 Å². The Balaban J connectivity index is 1.47. The summed E-state index contributed by atoms with van der Waals surface area (Å²) in [4.78, 5) is 83.0. The minimum absolute atomic E-state index is 0.0208. The molecule has 0 saturated carbocycles. The van der Waals surface area contributed by atoms with Crippen molar-refractivity contribution in [1.29, 1.82) is 0 Å². The third-order valence-corrected chi connectivity index (χ3v) is 7.23. The van der Waals surface area contributed by atoms with Gasteiger partial charge in [0.1, 0.15) is 18.1 Å². The number of H-pyrrole nitrogens is 3. The molecule has 0 bridgehead atoms. The summed E-state index contributed by atoms with van der Waals surface area (Å²) in [6.07, 6.45) is 9.77. The number of aromatic nitrogens is 5. The molecule has 4 aromatic rings. The average Bonchev–Trinajstić information content (AvgIpc) is 3.81. The second-order valence-electron chi connectivity index (χ2n) is 10.1. The predicted molar refractivity (Wildman–Crippen MR) is 149 cm³/mol. The van der Waals surface area contributed by atoms with E-state index in [1.807, 2.05) is 30.6 Å². The maximum atomic E-state index is 14.2. The third kappa shape index (κ3) is 6.28. The number of carbonyl (C=O) groups excluding carboxylic acids is 5. The van der Waals surface area contributed by atoms with Gasteiger partial charge in [-0.3, -0.25) is 28.9 Å². The number of nitrogens with one attached hydrogen (secondary N) is 5. The van der Waals surface area contributed by atoms with Crippen LogP contribution in [-0.2, 0) is 43.2 Å². The SMILES string of the molecule is N[C@@H](Cc1cnc[nH]1)C(=O)N(C(=O)[C@H](Cc1cnc[nH]1)NC(=O)[C@@H]1CCC(=O)N1)[C@H]([C]=O)Cc1c[nH]c2ccccc12. The smallest absolute Gasteiger partial charge is 0.252 e. The fourth-order valence-corrected chi connectivity index (χ4v) is 5.08. The van der Waals surface area contributed by atoms with Crippen LogP contribution in [0.25, 0.3) is 10.9 Å². The summed E-state index contributed by atoms with van der Waals surface area (Å²) in [5.74, 6) is -2.53. The lowest BCUT2D eigenvalue weighted by molar-refractivity contribution is -0.149. The van der Waals surface area contributed by atoms with E-state index in [2.05, 4.69) is 35.6 Å². The van der Waals surface area contributed by atoms with E-state index >= 15 is 0 Å². The molecule has 14 nitrogen and oxygen atoms in total. The van der Waals surface area contributed by atoms with Crippen LogP contribution in [0, 0.1) is 0 Å². The number of carbonyl (C=O) groups is 4. The molecular weight excluding hydrogens is 542 g/mol. The first-order valence-electron chi connectivity index (χ1n) is 13.4. The Morgan fingerprint density at radius 1 is 1.02 bits per heavy atom. The van der Waals surface area contributed by atoms with E-state index in [-0.39, 0.29) is 38.0 Å². The summed E-state index contributed by atoms with van der Waals surface area (Å²) < 4.78 is 0. The second-order valence-corrected chi connectivity index (χ2v) is 10.1. The molecule has 1 aliphatic rings. The lowest BCUT2D eigenvalue weighted by Crippen LogP contribution is -2.60. The Labute approximate surface area is 239 Å². The van der Waals surface area contributed by atoms with Crippen molar-refractivity contribution in [1.82, 2.24) is 40.5 Å². The van der Waals surface area contributed by atoms with Crippen molar-refractivity contribution in [3.05, 3.63) is 72.5 Å². The van der Waals surface area contributed by atoms with Gasteiger partial charge in [0.2, 0.25) is 24.0 Å². The Morgan fingerprint density at radius 2 is 1.74 bits per heavy atom.